The lowest BCUT2D eigenvalue weighted by Crippen LogP contribution is -2.45. The summed E-state index contributed by atoms with van der Waals surface area (Å²) in [6.45, 7) is 4.87. The van der Waals surface area contributed by atoms with Gasteiger partial charge in [-0.2, -0.15) is 0 Å². The molecule has 0 radical (unpaired) electrons. The summed E-state index contributed by atoms with van der Waals surface area (Å²) in [6.07, 6.45) is 91.0. The number of hydrogen-bond donors (Lipinski definition) is 3. The second-order valence-electron chi connectivity index (χ2n) is 28.1. The van der Waals surface area contributed by atoms with Crippen molar-refractivity contribution in [3.8, 4) is 0 Å². The molecule has 3 atom stereocenters. The van der Waals surface area contributed by atoms with E-state index < -0.39 is 20.0 Å². The average molecular weight is 1240 g/mol. The van der Waals surface area contributed by atoms with Gasteiger partial charge in [0.2, 0.25) is 5.91 Å². The van der Waals surface area contributed by atoms with Gasteiger partial charge in [0.25, 0.3) is 0 Å². The molecule has 0 aliphatic rings. The zero-order chi connectivity index (χ0) is 62.6. The zero-order valence-electron chi connectivity index (χ0n) is 58.8. The van der Waals surface area contributed by atoms with Crippen molar-refractivity contribution >= 4 is 13.7 Å². The summed E-state index contributed by atoms with van der Waals surface area (Å²) in [5.41, 5.74) is 0. The van der Waals surface area contributed by atoms with E-state index in [1.54, 1.807) is 6.08 Å². The summed E-state index contributed by atoms with van der Waals surface area (Å²) >= 11 is 0. The Labute approximate surface area is 538 Å². The van der Waals surface area contributed by atoms with Gasteiger partial charge in [0.05, 0.1) is 39.9 Å². The van der Waals surface area contributed by atoms with Crippen LogP contribution in [0.3, 0.4) is 0 Å². The summed E-state index contributed by atoms with van der Waals surface area (Å²) in [5, 5.41) is 14.0. The first kappa shape index (κ1) is 85.0. The van der Waals surface area contributed by atoms with Crippen molar-refractivity contribution in [1.29, 1.82) is 0 Å². The number of carbonyl (C=O) groups excluding carboxylic acids is 1. The number of aliphatic hydroxyl groups excluding tert-OH is 1. The van der Waals surface area contributed by atoms with Gasteiger partial charge < -0.3 is 19.8 Å². The minimum Gasteiger partial charge on any atom is -0.387 e. The molecule has 8 nitrogen and oxygen atoms in total. The van der Waals surface area contributed by atoms with Crippen LogP contribution in [0.4, 0.5) is 0 Å². The summed E-state index contributed by atoms with van der Waals surface area (Å²) < 4.78 is 23.8. The highest BCUT2D eigenvalue weighted by atomic mass is 31.2. The van der Waals surface area contributed by atoms with Gasteiger partial charge in [0.15, 0.2) is 0 Å². The largest absolute Gasteiger partial charge is 0.472 e. The molecule has 3 N–H and O–H groups in total. The molecule has 3 unspecified atom stereocenters. The van der Waals surface area contributed by atoms with Gasteiger partial charge in [-0.05, 0) is 32.1 Å². The van der Waals surface area contributed by atoms with E-state index in [9.17, 15) is 19.4 Å². The molecule has 0 aromatic carbocycles. The first-order valence-electron chi connectivity index (χ1n) is 38.7. The molecule has 0 fully saturated rings. The third-order valence-corrected chi connectivity index (χ3v) is 19.2. The van der Waals surface area contributed by atoms with Gasteiger partial charge >= 0.3 is 7.82 Å². The van der Waals surface area contributed by atoms with Crippen LogP contribution < -0.4 is 5.32 Å². The molecule has 0 aliphatic carbocycles. The summed E-state index contributed by atoms with van der Waals surface area (Å²) in [6, 6.07) is -0.862. The molecule has 0 saturated carbocycles. The third kappa shape index (κ3) is 70.4. The van der Waals surface area contributed by atoms with Crippen molar-refractivity contribution in [1.82, 2.24) is 5.32 Å². The molecule has 0 saturated heterocycles. The SMILES string of the molecule is CCCCCCCCCCCCCCCCCCC/C=C/CC/C=C/C(O)C(COP(=O)(O)OCC[N+](C)(C)C)NC(=O)CCCCCCCCCCCCCCCCCCCCCCCCCCCCCCCCCCCCCCCCCCC. The predicted octanol–water partition coefficient (Wildman–Crippen LogP) is 25.0. The van der Waals surface area contributed by atoms with Crippen LogP contribution in [0.25, 0.3) is 0 Å². The number of phosphoric ester groups is 1. The first-order chi connectivity index (χ1) is 42.0. The lowest BCUT2D eigenvalue weighted by molar-refractivity contribution is -0.870. The van der Waals surface area contributed by atoms with Gasteiger partial charge in [-0.1, -0.05) is 398 Å². The maximum absolute atomic E-state index is 13.1. The number of aliphatic hydroxyl groups is 1. The second-order valence-corrected chi connectivity index (χ2v) is 29.5. The Hall–Kier alpha value is -1.02. The van der Waals surface area contributed by atoms with Crippen molar-refractivity contribution in [3.63, 3.8) is 0 Å². The predicted molar refractivity (Wildman–Crippen MR) is 378 cm³/mol. The lowest BCUT2D eigenvalue weighted by Gasteiger charge is -2.25. The first-order valence-corrected chi connectivity index (χ1v) is 40.2. The van der Waals surface area contributed by atoms with Crippen LogP contribution in [0.2, 0.25) is 0 Å². The lowest BCUT2D eigenvalue weighted by atomic mass is 10.0. The number of carbonyl (C=O) groups is 1. The average Bonchev–Trinajstić information content (AvgIpc) is 3.70. The number of amides is 1. The van der Waals surface area contributed by atoms with E-state index in [-0.39, 0.29) is 19.1 Å². The van der Waals surface area contributed by atoms with Gasteiger partial charge in [0, 0.05) is 6.42 Å². The minimum absolute atomic E-state index is 0.0591. The van der Waals surface area contributed by atoms with Crippen LogP contribution in [0, 0.1) is 0 Å². The Balaban J connectivity index is 3.90. The van der Waals surface area contributed by atoms with Crippen molar-refractivity contribution in [2.24, 2.45) is 0 Å². The summed E-state index contributed by atoms with van der Waals surface area (Å²) in [5.74, 6) is -0.177. The molecule has 0 spiro atoms. The van der Waals surface area contributed by atoms with E-state index in [1.165, 1.54) is 353 Å². The Bertz CT molecular complexity index is 1450. The highest BCUT2D eigenvalue weighted by Crippen LogP contribution is 2.43. The maximum atomic E-state index is 13.1. The van der Waals surface area contributed by atoms with Crippen molar-refractivity contribution in [2.75, 3.05) is 40.9 Å². The van der Waals surface area contributed by atoms with Crippen LogP contribution in [0.5, 0.6) is 0 Å². The standard InChI is InChI=1S/C77H153N2O6P/c1-6-8-10-12-14-16-18-20-22-24-26-28-30-31-32-33-34-35-36-37-38-39-40-41-42-43-44-45-46-47-49-51-53-55-57-59-61-63-65-67-69-71-77(81)78-75(74-85-86(82,83)84-73-72-79(3,4)5)76(80)70-68-66-64-62-60-58-56-54-52-50-48-29-27-25-23-21-19-17-15-13-11-9-7-2/h60,62,68,70,75-76,80H,6-59,61,63-67,69,71-74H2,1-5H3,(H-,78,81,82,83)/p+1/b62-60+,70-68+. The molecule has 86 heavy (non-hydrogen) atoms. The minimum atomic E-state index is -4.36. The van der Waals surface area contributed by atoms with Crippen LogP contribution in [0.15, 0.2) is 24.3 Å². The summed E-state index contributed by atoms with van der Waals surface area (Å²) in [7, 11) is 1.58. The monoisotopic (exact) mass is 1230 g/mol. The topological polar surface area (TPSA) is 105 Å². The van der Waals surface area contributed by atoms with Crippen LogP contribution >= 0.6 is 7.82 Å². The highest BCUT2D eigenvalue weighted by Gasteiger charge is 2.28. The molecular weight excluding hydrogens is 1080 g/mol. The molecule has 0 aromatic rings. The Kier molecular flexibility index (Phi) is 67.5. The number of unbranched alkanes of at least 4 members (excludes halogenated alkanes) is 58. The second kappa shape index (κ2) is 68.3. The van der Waals surface area contributed by atoms with Crippen molar-refractivity contribution in [2.45, 2.75) is 424 Å². The van der Waals surface area contributed by atoms with Crippen molar-refractivity contribution < 1.29 is 32.9 Å². The molecule has 0 heterocycles. The molecule has 1 amide bonds. The van der Waals surface area contributed by atoms with Gasteiger partial charge in [-0.3, -0.25) is 13.8 Å². The molecule has 512 valence electrons. The fraction of sp³-hybridized carbons (Fsp3) is 0.935. The van der Waals surface area contributed by atoms with E-state index in [4.69, 9.17) is 9.05 Å². The quantitative estimate of drug-likeness (QED) is 0.0243. The number of rotatable bonds is 73. The number of likely N-dealkylation sites (N-methyl/N-ethyl adjacent to an activating group) is 1. The maximum Gasteiger partial charge on any atom is 0.472 e. The Morgan fingerprint density at radius 3 is 0.930 bits per heavy atom. The third-order valence-electron chi connectivity index (χ3n) is 18.2. The normalized spacial score (nSPS) is 13.6. The number of nitrogens with one attached hydrogen (secondary N) is 1. The smallest absolute Gasteiger partial charge is 0.387 e. The molecule has 9 heteroatoms. The fourth-order valence-corrected chi connectivity index (χ4v) is 12.9. The van der Waals surface area contributed by atoms with E-state index in [1.807, 2.05) is 27.2 Å². The molecule has 0 bridgehead atoms. The van der Waals surface area contributed by atoms with Crippen LogP contribution in [0.1, 0.15) is 412 Å². The number of phosphoric acid groups is 1. The van der Waals surface area contributed by atoms with Gasteiger partial charge in [-0.15, -0.1) is 0 Å². The molecule has 0 rings (SSSR count). The van der Waals surface area contributed by atoms with Crippen LogP contribution in [-0.4, -0.2) is 73.4 Å². The summed E-state index contributed by atoms with van der Waals surface area (Å²) in [4.78, 5) is 23.4. The van der Waals surface area contributed by atoms with Gasteiger partial charge in [0.1, 0.15) is 13.2 Å². The van der Waals surface area contributed by atoms with E-state index >= 15 is 0 Å². The molecular formula is C77H154N2O6P+. The zero-order valence-corrected chi connectivity index (χ0v) is 59.7. The Morgan fingerprint density at radius 1 is 0.384 bits per heavy atom. The number of hydrogen-bond acceptors (Lipinski definition) is 5. The highest BCUT2D eigenvalue weighted by molar-refractivity contribution is 7.47. The van der Waals surface area contributed by atoms with Gasteiger partial charge in [-0.25, -0.2) is 4.57 Å². The van der Waals surface area contributed by atoms with E-state index in [0.717, 1.165) is 38.5 Å². The van der Waals surface area contributed by atoms with Crippen LogP contribution in [-0.2, 0) is 18.4 Å². The number of quaternary nitrogens is 1. The van der Waals surface area contributed by atoms with E-state index in [2.05, 4.69) is 31.3 Å². The number of allylic oxidation sites excluding steroid dienone is 3. The van der Waals surface area contributed by atoms with E-state index in [0.29, 0.717) is 17.4 Å². The number of nitrogens with zero attached hydrogens (tertiary/aromatic N) is 1. The molecule has 0 aromatic heterocycles. The van der Waals surface area contributed by atoms with Crippen molar-refractivity contribution in [3.05, 3.63) is 24.3 Å². The molecule has 0 aliphatic heterocycles. The Morgan fingerprint density at radius 2 is 0.640 bits per heavy atom. The fourth-order valence-electron chi connectivity index (χ4n) is 12.2.